The van der Waals surface area contributed by atoms with Gasteiger partial charge in [0.15, 0.2) is 6.10 Å². The highest BCUT2D eigenvalue weighted by Crippen LogP contribution is 2.22. The van der Waals surface area contributed by atoms with E-state index in [1.54, 1.807) is 0 Å². The molecule has 2 aromatic carbocycles. The fourth-order valence-electron chi connectivity index (χ4n) is 2.48. The number of fused-ring (bicyclic) bond motifs is 1. The lowest BCUT2D eigenvalue weighted by Gasteiger charge is -2.13. The van der Waals surface area contributed by atoms with Crippen molar-refractivity contribution in [1.82, 2.24) is 0 Å². The molecule has 2 aromatic rings. The van der Waals surface area contributed by atoms with Gasteiger partial charge in [-0.3, -0.25) is 0 Å². The molecular formula is C16H16O4. The van der Waals surface area contributed by atoms with Crippen LogP contribution < -0.4 is 0 Å². The van der Waals surface area contributed by atoms with Crippen LogP contribution in [0.2, 0.25) is 0 Å². The maximum absolute atomic E-state index is 11.1. The zero-order chi connectivity index (χ0) is 13.9. The van der Waals surface area contributed by atoms with Crippen molar-refractivity contribution < 1.29 is 19.0 Å². The van der Waals surface area contributed by atoms with E-state index in [2.05, 4.69) is 30.3 Å². The van der Waals surface area contributed by atoms with Crippen molar-refractivity contribution in [3.05, 3.63) is 48.0 Å². The quantitative estimate of drug-likeness (QED) is 0.801. The van der Waals surface area contributed by atoms with Crippen LogP contribution >= 0.6 is 0 Å². The molecule has 4 nitrogen and oxygen atoms in total. The van der Waals surface area contributed by atoms with Crippen molar-refractivity contribution in [3.8, 4) is 0 Å². The minimum atomic E-state index is -0.652. The first-order chi connectivity index (χ1) is 9.76. The molecule has 0 radical (unpaired) electrons. The highest BCUT2D eigenvalue weighted by Gasteiger charge is 2.36. The third-order valence-corrected chi connectivity index (χ3v) is 3.53. The molecule has 0 bridgehead atoms. The molecule has 4 heteroatoms. The second-order valence-corrected chi connectivity index (χ2v) is 4.85. The predicted octanol–water partition coefficient (Wildman–Crippen LogP) is 3.28. The summed E-state index contributed by atoms with van der Waals surface area (Å²) >= 11 is 0. The number of ether oxygens (including phenoxy) is 3. The number of carbonyl (C=O) groups excluding carboxylic acids is 1. The third-order valence-electron chi connectivity index (χ3n) is 3.53. The van der Waals surface area contributed by atoms with E-state index in [0.29, 0.717) is 6.42 Å². The van der Waals surface area contributed by atoms with Gasteiger partial charge >= 0.3 is 6.16 Å². The van der Waals surface area contributed by atoms with Crippen LogP contribution in [0.25, 0.3) is 10.8 Å². The van der Waals surface area contributed by atoms with E-state index in [0.717, 1.165) is 6.42 Å². The van der Waals surface area contributed by atoms with Crippen molar-refractivity contribution in [1.29, 1.82) is 0 Å². The molecule has 0 unspecified atom stereocenters. The number of aryl methyl sites for hydroxylation is 1. The Morgan fingerprint density at radius 2 is 1.90 bits per heavy atom. The van der Waals surface area contributed by atoms with E-state index in [-0.39, 0.29) is 6.10 Å². The lowest BCUT2D eigenvalue weighted by atomic mass is 10.0. The minimum Gasteiger partial charge on any atom is -0.424 e. The Morgan fingerprint density at radius 1 is 1.10 bits per heavy atom. The van der Waals surface area contributed by atoms with Gasteiger partial charge in [0.2, 0.25) is 6.29 Å². The summed E-state index contributed by atoms with van der Waals surface area (Å²) in [5, 5.41) is 2.44. The largest absolute Gasteiger partial charge is 0.511 e. The van der Waals surface area contributed by atoms with E-state index in [4.69, 9.17) is 14.2 Å². The number of benzene rings is 2. The summed E-state index contributed by atoms with van der Waals surface area (Å²) in [6.07, 6.45) is -0.0866. The van der Waals surface area contributed by atoms with Crippen LogP contribution in [0.5, 0.6) is 0 Å². The molecular weight excluding hydrogens is 256 g/mol. The Kier molecular flexibility index (Phi) is 3.56. The molecule has 1 fully saturated rings. The summed E-state index contributed by atoms with van der Waals surface area (Å²) in [5.74, 6) is 0. The van der Waals surface area contributed by atoms with Gasteiger partial charge in [0.05, 0.1) is 0 Å². The average molecular weight is 272 g/mol. The molecule has 0 aromatic heterocycles. The van der Waals surface area contributed by atoms with Gasteiger partial charge in [-0.15, -0.1) is 0 Å². The summed E-state index contributed by atoms with van der Waals surface area (Å²) in [5.41, 5.74) is 1.21. The predicted molar refractivity (Wildman–Crippen MR) is 74.4 cm³/mol. The second kappa shape index (κ2) is 5.51. The number of hydrogen-bond acceptors (Lipinski definition) is 4. The molecule has 3 rings (SSSR count). The van der Waals surface area contributed by atoms with Gasteiger partial charge in [0.1, 0.15) is 0 Å². The fraction of sp³-hybridized carbons (Fsp3) is 0.312. The first-order valence-electron chi connectivity index (χ1n) is 6.64. The molecule has 1 heterocycles. The van der Waals surface area contributed by atoms with Crippen molar-refractivity contribution >= 4 is 16.9 Å². The van der Waals surface area contributed by atoms with Gasteiger partial charge in [-0.2, -0.15) is 0 Å². The summed E-state index contributed by atoms with van der Waals surface area (Å²) in [6, 6.07) is 14.6. The summed E-state index contributed by atoms with van der Waals surface area (Å²) < 4.78 is 15.1. The van der Waals surface area contributed by atoms with Crippen LogP contribution in [0.4, 0.5) is 4.79 Å². The van der Waals surface area contributed by atoms with E-state index < -0.39 is 12.4 Å². The molecule has 1 aliphatic rings. The monoisotopic (exact) mass is 272 g/mol. The normalized spacial score (nSPS) is 21.8. The zero-order valence-corrected chi connectivity index (χ0v) is 11.2. The van der Waals surface area contributed by atoms with Gasteiger partial charge in [-0.1, -0.05) is 42.5 Å². The first-order valence-corrected chi connectivity index (χ1v) is 6.64. The topological polar surface area (TPSA) is 44.8 Å². The number of carbonyl (C=O) groups is 1. The number of hydrogen-bond donors (Lipinski definition) is 0. The minimum absolute atomic E-state index is 0.334. The van der Waals surface area contributed by atoms with Gasteiger partial charge in [-0.25, -0.2) is 4.79 Å². The second-order valence-electron chi connectivity index (χ2n) is 4.85. The molecule has 20 heavy (non-hydrogen) atoms. The molecule has 0 saturated carbocycles. The van der Waals surface area contributed by atoms with Gasteiger partial charge < -0.3 is 14.2 Å². The van der Waals surface area contributed by atoms with E-state index in [1.165, 1.54) is 23.4 Å². The van der Waals surface area contributed by atoms with Crippen LogP contribution in [0.3, 0.4) is 0 Å². The Morgan fingerprint density at radius 3 is 2.70 bits per heavy atom. The SMILES string of the molecule is CO[C@@H]1OC(=O)O[C@@H]1CCc1ccc2ccccc2c1. The third kappa shape index (κ3) is 2.60. The molecule has 0 amide bonds. The summed E-state index contributed by atoms with van der Waals surface area (Å²) in [7, 11) is 1.51. The standard InChI is InChI=1S/C16H16O4/c1-18-15-14(19-16(17)20-15)9-7-11-6-8-12-4-2-3-5-13(12)10-11/h2-6,8,10,14-15H,7,9H2,1H3/t14-,15-/m1/s1. The molecule has 2 atom stereocenters. The Balaban J connectivity index is 1.69. The number of cyclic esters (lactones) is 2. The average Bonchev–Trinajstić information content (AvgIpc) is 2.85. The fourth-order valence-corrected chi connectivity index (χ4v) is 2.48. The number of rotatable bonds is 4. The van der Waals surface area contributed by atoms with Gasteiger partial charge in [-0.05, 0) is 29.2 Å². The lowest BCUT2D eigenvalue weighted by molar-refractivity contribution is -0.0780. The van der Waals surface area contributed by atoms with Gasteiger partial charge in [0.25, 0.3) is 0 Å². The zero-order valence-electron chi connectivity index (χ0n) is 11.2. The Labute approximate surface area is 117 Å². The van der Waals surface area contributed by atoms with E-state index in [9.17, 15) is 4.79 Å². The Hall–Kier alpha value is -2.07. The van der Waals surface area contributed by atoms with E-state index >= 15 is 0 Å². The maximum atomic E-state index is 11.1. The van der Waals surface area contributed by atoms with Crippen LogP contribution in [0.1, 0.15) is 12.0 Å². The molecule has 0 N–H and O–H groups in total. The van der Waals surface area contributed by atoms with E-state index in [1.807, 2.05) is 12.1 Å². The van der Waals surface area contributed by atoms with Crippen LogP contribution in [-0.4, -0.2) is 25.7 Å². The summed E-state index contributed by atoms with van der Waals surface area (Å²) in [6.45, 7) is 0. The van der Waals surface area contributed by atoms with Crippen molar-refractivity contribution in [3.63, 3.8) is 0 Å². The molecule has 0 aliphatic carbocycles. The van der Waals surface area contributed by atoms with Crippen molar-refractivity contribution in [2.24, 2.45) is 0 Å². The highest BCUT2D eigenvalue weighted by atomic mass is 16.8. The lowest BCUT2D eigenvalue weighted by Crippen LogP contribution is -2.24. The number of methoxy groups -OCH3 is 1. The first kappa shape index (κ1) is 12.9. The van der Waals surface area contributed by atoms with Crippen molar-refractivity contribution in [2.75, 3.05) is 7.11 Å². The maximum Gasteiger partial charge on any atom is 0.511 e. The smallest absolute Gasteiger partial charge is 0.424 e. The molecule has 104 valence electrons. The summed E-state index contributed by atoms with van der Waals surface area (Å²) in [4.78, 5) is 11.1. The Bertz CT molecular complexity index is 623. The van der Waals surface area contributed by atoms with Crippen LogP contribution in [0, 0.1) is 0 Å². The molecule has 0 spiro atoms. The molecule has 1 saturated heterocycles. The van der Waals surface area contributed by atoms with Gasteiger partial charge in [0, 0.05) is 7.11 Å². The highest BCUT2D eigenvalue weighted by molar-refractivity contribution is 5.82. The van der Waals surface area contributed by atoms with Crippen LogP contribution in [0.15, 0.2) is 42.5 Å². The van der Waals surface area contributed by atoms with Crippen molar-refractivity contribution in [2.45, 2.75) is 25.2 Å². The van der Waals surface area contributed by atoms with Crippen LogP contribution in [-0.2, 0) is 20.6 Å². The molecule has 1 aliphatic heterocycles.